The number of ether oxygens (including phenoxy) is 4. The summed E-state index contributed by atoms with van der Waals surface area (Å²) in [7, 11) is 1.73. The number of likely N-dealkylation sites (N-methyl/N-ethyl adjacent to an activating group) is 1. The largest absolute Gasteiger partial charge is 0.504 e. The molecule has 4 rings (SSSR count). The number of aliphatic hydroxyl groups is 2. The van der Waals surface area contributed by atoms with Gasteiger partial charge in [-0.1, -0.05) is 13.0 Å². The normalized spacial score (nSPS) is 27.0. The zero-order valence-corrected chi connectivity index (χ0v) is 23.6. The van der Waals surface area contributed by atoms with Crippen LogP contribution in [0.4, 0.5) is 0 Å². The van der Waals surface area contributed by atoms with Crippen LogP contribution in [0.1, 0.15) is 50.7 Å². The molecule has 0 unspecified atom stereocenters. The lowest BCUT2D eigenvalue weighted by atomic mass is 9.52. The molecule has 1 aromatic rings. The van der Waals surface area contributed by atoms with Crippen LogP contribution in [0.3, 0.4) is 0 Å². The van der Waals surface area contributed by atoms with Crippen molar-refractivity contribution < 1.29 is 68.5 Å². The van der Waals surface area contributed by atoms with Crippen molar-refractivity contribution in [1.82, 2.24) is 5.32 Å². The van der Waals surface area contributed by atoms with Crippen LogP contribution < -0.4 is 10.1 Å². The van der Waals surface area contributed by atoms with Crippen LogP contribution in [0.5, 0.6) is 11.5 Å². The van der Waals surface area contributed by atoms with Crippen molar-refractivity contribution in [3.63, 3.8) is 0 Å². The van der Waals surface area contributed by atoms with Gasteiger partial charge < -0.3 is 49.8 Å². The minimum absolute atomic E-state index is 0.0190. The summed E-state index contributed by atoms with van der Waals surface area (Å²) < 4.78 is 21.0. The summed E-state index contributed by atoms with van der Waals surface area (Å²) in [5.41, 5.74) is -0.985. The molecule has 3 aliphatic rings. The third-order valence-electron chi connectivity index (χ3n) is 8.29. The quantitative estimate of drug-likeness (QED) is 0.132. The highest BCUT2D eigenvalue weighted by atomic mass is 16.6. The third kappa shape index (κ3) is 5.39. The predicted octanol–water partition coefficient (Wildman–Crippen LogP) is -0.339. The predicted molar refractivity (Wildman–Crippen MR) is 141 cm³/mol. The average Bonchev–Trinajstić information content (AvgIpc) is 3.32. The van der Waals surface area contributed by atoms with E-state index in [-0.39, 0.29) is 23.7 Å². The maximum Gasteiger partial charge on any atom is 0.348 e. The van der Waals surface area contributed by atoms with Crippen LogP contribution in [0, 0.1) is 0 Å². The van der Waals surface area contributed by atoms with E-state index in [4.69, 9.17) is 24.4 Å². The number of aliphatic carboxylic acids is 2. The number of carboxylic acids is 2. The van der Waals surface area contributed by atoms with E-state index in [2.05, 4.69) is 10.1 Å². The van der Waals surface area contributed by atoms with Gasteiger partial charge in [0.25, 0.3) is 0 Å². The van der Waals surface area contributed by atoms with Gasteiger partial charge in [0.1, 0.15) is 5.76 Å². The Morgan fingerprint density at radius 2 is 1.81 bits per heavy atom. The molecule has 7 atom stereocenters. The van der Waals surface area contributed by atoms with E-state index in [0.717, 1.165) is 12.5 Å². The van der Waals surface area contributed by atoms with Crippen LogP contribution in [-0.2, 0) is 50.0 Å². The van der Waals surface area contributed by atoms with Crippen LogP contribution in [0.25, 0.3) is 0 Å². The molecule has 234 valence electrons. The smallest absolute Gasteiger partial charge is 0.348 e. The molecule has 6 N–H and O–H groups in total. The summed E-state index contributed by atoms with van der Waals surface area (Å²) in [6, 6.07) is 2.86. The number of benzene rings is 1. The zero-order valence-electron chi connectivity index (χ0n) is 23.6. The van der Waals surface area contributed by atoms with Crippen LogP contribution in [0.15, 0.2) is 24.0 Å². The van der Waals surface area contributed by atoms with E-state index in [1.54, 1.807) is 13.1 Å². The number of phenolic OH excluding ortho intramolecular Hbond substituents is 1. The summed E-state index contributed by atoms with van der Waals surface area (Å²) in [6.07, 6.45) is -6.47. The fraction of sp³-hybridized carbons (Fsp3) is 0.536. The Labute approximate surface area is 245 Å². The van der Waals surface area contributed by atoms with E-state index < -0.39 is 84.2 Å². The van der Waals surface area contributed by atoms with Crippen molar-refractivity contribution in [2.24, 2.45) is 0 Å². The number of aliphatic hydroxyl groups excluding tert-OH is 1. The van der Waals surface area contributed by atoms with Crippen LogP contribution in [-0.4, -0.2) is 98.5 Å². The van der Waals surface area contributed by atoms with Gasteiger partial charge in [-0.15, -0.1) is 0 Å². The number of carboxylic acid groups (broad SMARTS) is 2. The summed E-state index contributed by atoms with van der Waals surface area (Å²) in [5.74, 6) is -7.09. The second kappa shape index (κ2) is 11.8. The Bertz CT molecular complexity index is 1370. The topological polar surface area (TPSA) is 235 Å². The molecule has 0 fully saturated rings. The number of aromatic hydroxyl groups is 1. The van der Waals surface area contributed by atoms with Gasteiger partial charge in [0.2, 0.25) is 6.10 Å². The van der Waals surface area contributed by atoms with Crippen molar-refractivity contribution in [1.29, 1.82) is 0 Å². The molecule has 15 nitrogen and oxygen atoms in total. The first-order valence-electron chi connectivity index (χ1n) is 13.6. The molecule has 1 aromatic carbocycles. The Balaban J connectivity index is 1.45. The van der Waals surface area contributed by atoms with E-state index >= 15 is 0 Å². The van der Waals surface area contributed by atoms with Crippen molar-refractivity contribution in [2.75, 3.05) is 7.05 Å². The highest BCUT2D eigenvalue weighted by Crippen LogP contribution is 2.63. The number of phenols is 1. The molecule has 0 spiro atoms. The van der Waals surface area contributed by atoms with Gasteiger partial charge in [-0.05, 0) is 44.5 Å². The van der Waals surface area contributed by atoms with Gasteiger partial charge >= 0.3 is 29.8 Å². The average molecular weight is 608 g/mol. The molecule has 1 heterocycles. The van der Waals surface area contributed by atoms with Gasteiger partial charge in [-0.25, -0.2) is 14.4 Å². The highest BCUT2D eigenvalue weighted by Gasteiger charge is 2.69. The molecule has 0 saturated carbocycles. The second-order valence-corrected chi connectivity index (χ2v) is 10.7. The number of carbonyl (C=O) groups is 5. The second-order valence-electron chi connectivity index (χ2n) is 10.7. The summed E-state index contributed by atoms with van der Waals surface area (Å²) in [6.45, 7) is 2.85. The monoisotopic (exact) mass is 607 g/mol. The van der Waals surface area contributed by atoms with Crippen molar-refractivity contribution in [3.05, 3.63) is 35.1 Å². The first-order valence-corrected chi connectivity index (χ1v) is 13.6. The van der Waals surface area contributed by atoms with Crippen molar-refractivity contribution >= 4 is 29.8 Å². The molecular weight excluding hydrogens is 574 g/mol. The maximum atomic E-state index is 12.8. The SMILES string of the molecule is CC[C@]12c3c4ccc(O)c3O[C@H]1C(OC(=O)C[C@H](O)C(=O)O[C@@H](C)C(=O)O[C@@H](CC(=O)O)C(=O)O)=CC[C@@]2(O)[C@H](NC)C4. The van der Waals surface area contributed by atoms with E-state index in [1.807, 2.05) is 6.92 Å². The maximum absolute atomic E-state index is 12.8. The van der Waals surface area contributed by atoms with Gasteiger partial charge in [0.05, 0.1) is 23.9 Å². The lowest BCUT2D eigenvalue weighted by Gasteiger charge is -2.56. The minimum Gasteiger partial charge on any atom is -0.504 e. The zero-order chi connectivity index (χ0) is 31.9. The minimum atomic E-state index is -2.10. The van der Waals surface area contributed by atoms with Crippen molar-refractivity contribution in [3.8, 4) is 11.5 Å². The lowest BCUT2D eigenvalue weighted by Crippen LogP contribution is -2.70. The van der Waals surface area contributed by atoms with Gasteiger partial charge in [0, 0.05) is 18.0 Å². The van der Waals surface area contributed by atoms with E-state index in [1.165, 1.54) is 12.1 Å². The molecule has 0 amide bonds. The van der Waals surface area contributed by atoms with Gasteiger partial charge in [-0.3, -0.25) is 9.59 Å². The molecule has 1 aliphatic heterocycles. The summed E-state index contributed by atoms with van der Waals surface area (Å²) >= 11 is 0. The molecule has 0 aromatic heterocycles. The molecular formula is C28H33NO14. The summed E-state index contributed by atoms with van der Waals surface area (Å²) in [5, 5.41) is 53.8. The fourth-order valence-corrected chi connectivity index (χ4v) is 6.27. The summed E-state index contributed by atoms with van der Waals surface area (Å²) in [4.78, 5) is 59.1. The number of carbonyl (C=O) groups excluding carboxylic acids is 3. The third-order valence-corrected chi connectivity index (χ3v) is 8.29. The number of nitrogens with one attached hydrogen (secondary N) is 1. The van der Waals surface area contributed by atoms with Crippen molar-refractivity contribution in [2.45, 2.75) is 87.4 Å². The number of hydrogen-bond donors (Lipinski definition) is 6. The number of hydrogen-bond acceptors (Lipinski definition) is 13. The fourth-order valence-electron chi connectivity index (χ4n) is 6.27. The number of rotatable bonds is 12. The Morgan fingerprint density at radius 3 is 2.42 bits per heavy atom. The molecule has 0 bridgehead atoms. The van der Waals surface area contributed by atoms with Crippen LogP contribution in [0.2, 0.25) is 0 Å². The molecule has 2 aliphatic carbocycles. The Kier molecular flexibility index (Phi) is 8.72. The lowest BCUT2D eigenvalue weighted by molar-refractivity contribution is -0.181. The Morgan fingerprint density at radius 1 is 1.12 bits per heavy atom. The molecule has 0 radical (unpaired) electrons. The van der Waals surface area contributed by atoms with E-state index in [0.29, 0.717) is 18.4 Å². The van der Waals surface area contributed by atoms with E-state index in [9.17, 15) is 39.3 Å². The van der Waals surface area contributed by atoms with Gasteiger partial charge in [-0.2, -0.15) is 0 Å². The molecule has 43 heavy (non-hydrogen) atoms. The molecule has 0 saturated heterocycles. The Hall–Kier alpha value is -4.21. The molecule has 15 heteroatoms. The first-order chi connectivity index (χ1) is 20.2. The number of esters is 3. The standard InChI is InChI=1S/C28H33NO14/c1-4-27-21-13-5-6-14(30)22(21)43-23(27)16(7-8-28(27,39)18(9-13)29-3)41-20(34)10-15(31)26(38)40-12(2)25(37)42-17(24(35)36)11-19(32)33/h5-7,12,15,17-18,23,29-31,39H,4,8-11H2,1-3H3,(H,32,33)(H,35,36)/t12-,15-,17-,18+,23-,27-,28+/m0/s1. The first kappa shape index (κ1) is 31.7. The van der Waals surface area contributed by atoms with Gasteiger partial charge in [0.15, 0.2) is 29.8 Å². The highest BCUT2D eigenvalue weighted by molar-refractivity contribution is 5.87. The van der Waals surface area contributed by atoms with Crippen LogP contribution >= 0.6 is 0 Å².